The van der Waals surface area contributed by atoms with Crippen molar-refractivity contribution in [1.29, 1.82) is 0 Å². The average molecular weight is 246 g/mol. The van der Waals surface area contributed by atoms with E-state index < -0.39 is 0 Å². The number of hydrogen-bond donors (Lipinski definition) is 1. The van der Waals surface area contributed by atoms with Gasteiger partial charge < -0.3 is 9.84 Å². The predicted octanol–water partition coefficient (Wildman–Crippen LogP) is 3.54. The van der Waals surface area contributed by atoms with Gasteiger partial charge in [-0.25, -0.2) is 0 Å². The van der Waals surface area contributed by atoms with Crippen molar-refractivity contribution in [1.82, 2.24) is 0 Å². The molecule has 2 heteroatoms. The van der Waals surface area contributed by atoms with Crippen molar-refractivity contribution in [3.05, 3.63) is 34.9 Å². The van der Waals surface area contributed by atoms with Gasteiger partial charge in [0.25, 0.3) is 0 Å². The fraction of sp³-hybridized carbons (Fsp3) is 0.625. The maximum absolute atomic E-state index is 9.99. The summed E-state index contributed by atoms with van der Waals surface area (Å²) >= 11 is 0. The van der Waals surface area contributed by atoms with E-state index in [2.05, 4.69) is 32.0 Å². The van der Waals surface area contributed by atoms with Gasteiger partial charge in [-0.2, -0.15) is 0 Å². The van der Waals surface area contributed by atoms with Crippen LogP contribution in [0.25, 0.3) is 0 Å². The second-order valence-electron chi connectivity index (χ2n) is 6.31. The SMILES string of the molecule is CC1(C)CCCO[C@H]1c1cccc2c1CCC2O. The van der Waals surface area contributed by atoms with Gasteiger partial charge in [0.2, 0.25) is 0 Å². The number of aliphatic hydroxyl groups is 1. The van der Waals surface area contributed by atoms with Crippen molar-refractivity contribution in [2.45, 2.75) is 51.7 Å². The van der Waals surface area contributed by atoms with Gasteiger partial charge in [0.15, 0.2) is 0 Å². The molecule has 2 atom stereocenters. The molecule has 1 aliphatic heterocycles. The molecule has 3 rings (SSSR count). The summed E-state index contributed by atoms with van der Waals surface area (Å²) in [7, 11) is 0. The first-order chi connectivity index (χ1) is 8.59. The quantitative estimate of drug-likeness (QED) is 0.821. The van der Waals surface area contributed by atoms with Crippen LogP contribution in [0.5, 0.6) is 0 Å². The van der Waals surface area contributed by atoms with Crippen LogP contribution in [-0.2, 0) is 11.2 Å². The fourth-order valence-electron chi connectivity index (χ4n) is 3.50. The Labute approximate surface area is 109 Å². The summed E-state index contributed by atoms with van der Waals surface area (Å²) < 4.78 is 6.06. The molecule has 0 radical (unpaired) electrons. The minimum atomic E-state index is -0.272. The number of rotatable bonds is 1. The second kappa shape index (κ2) is 4.36. The molecule has 1 saturated heterocycles. The maximum Gasteiger partial charge on any atom is 0.0878 e. The van der Waals surface area contributed by atoms with Gasteiger partial charge >= 0.3 is 0 Å². The zero-order chi connectivity index (χ0) is 12.8. The van der Waals surface area contributed by atoms with Crippen LogP contribution in [0.1, 0.15) is 62.0 Å². The van der Waals surface area contributed by atoms with E-state index in [0.717, 1.165) is 31.4 Å². The summed E-state index contributed by atoms with van der Waals surface area (Å²) in [6.07, 6.45) is 4.13. The zero-order valence-corrected chi connectivity index (χ0v) is 11.3. The number of benzene rings is 1. The molecule has 18 heavy (non-hydrogen) atoms. The lowest BCUT2D eigenvalue weighted by atomic mass is 9.76. The molecular weight excluding hydrogens is 224 g/mol. The Morgan fingerprint density at radius 2 is 2.06 bits per heavy atom. The Morgan fingerprint density at radius 3 is 2.83 bits per heavy atom. The Bertz CT molecular complexity index is 450. The normalized spacial score (nSPS) is 30.2. The van der Waals surface area contributed by atoms with Crippen molar-refractivity contribution in [3.63, 3.8) is 0 Å². The highest BCUT2D eigenvalue weighted by Crippen LogP contribution is 2.47. The van der Waals surface area contributed by atoms with Crippen molar-refractivity contribution in [2.75, 3.05) is 6.61 Å². The number of aliphatic hydroxyl groups excluding tert-OH is 1. The van der Waals surface area contributed by atoms with Crippen LogP contribution in [0.3, 0.4) is 0 Å². The first-order valence-corrected chi connectivity index (χ1v) is 7.01. The molecule has 0 spiro atoms. The highest BCUT2D eigenvalue weighted by molar-refractivity contribution is 5.42. The largest absolute Gasteiger partial charge is 0.388 e. The number of hydrogen-bond acceptors (Lipinski definition) is 2. The van der Waals surface area contributed by atoms with Gasteiger partial charge in [-0.15, -0.1) is 0 Å². The average Bonchev–Trinajstić information content (AvgIpc) is 2.71. The minimum Gasteiger partial charge on any atom is -0.388 e. The summed E-state index contributed by atoms with van der Waals surface area (Å²) in [6.45, 7) is 5.45. The summed E-state index contributed by atoms with van der Waals surface area (Å²) in [5, 5.41) is 9.99. The van der Waals surface area contributed by atoms with Crippen molar-refractivity contribution in [2.24, 2.45) is 5.41 Å². The molecule has 1 aromatic rings. The van der Waals surface area contributed by atoms with Crippen LogP contribution in [0, 0.1) is 5.41 Å². The smallest absolute Gasteiger partial charge is 0.0878 e. The monoisotopic (exact) mass is 246 g/mol. The Kier molecular flexibility index (Phi) is 2.95. The molecule has 2 aliphatic rings. The molecular formula is C16H22O2. The maximum atomic E-state index is 9.99. The van der Waals surface area contributed by atoms with Crippen LogP contribution in [0.4, 0.5) is 0 Å². The third-order valence-electron chi connectivity index (χ3n) is 4.52. The van der Waals surface area contributed by atoms with E-state index in [-0.39, 0.29) is 17.6 Å². The molecule has 98 valence electrons. The third kappa shape index (κ3) is 1.88. The van der Waals surface area contributed by atoms with E-state index in [9.17, 15) is 5.11 Å². The molecule has 0 bridgehead atoms. The summed E-state index contributed by atoms with van der Waals surface area (Å²) in [6, 6.07) is 6.32. The summed E-state index contributed by atoms with van der Waals surface area (Å²) in [4.78, 5) is 0. The topological polar surface area (TPSA) is 29.5 Å². The van der Waals surface area contributed by atoms with Crippen molar-refractivity contribution >= 4 is 0 Å². The first kappa shape index (κ1) is 12.2. The van der Waals surface area contributed by atoms with Crippen molar-refractivity contribution < 1.29 is 9.84 Å². The Morgan fingerprint density at radius 1 is 1.28 bits per heavy atom. The molecule has 1 aromatic carbocycles. The first-order valence-electron chi connectivity index (χ1n) is 7.01. The highest BCUT2D eigenvalue weighted by Gasteiger charge is 2.37. The lowest BCUT2D eigenvalue weighted by Crippen LogP contribution is -2.30. The number of ether oxygens (including phenoxy) is 1. The number of fused-ring (bicyclic) bond motifs is 1. The molecule has 1 N–H and O–H groups in total. The third-order valence-corrected chi connectivity index (χ3v) is 4.52. The van der Waals surface area contributed by atoms with Gasteiger partial charge in [-0.05, 0) is 47.8 Å². The highest BCUT2D eigenvalue weighted by atomic mass is 16.5. The van der Waals surface area contributed by atoms with Crippen LogP contribution in [0.2, 0.25) is 0 Å². The van der Waals surface area contributed by atoms with E-state index >= 15 is 0 Å². The molecule has 0 aromatic heterocycles. The van der Waals surface area contributed by atoms with E-state index in [0.29, 0.717) is 0 Å². The predicted molar refractivity (Wildman–Crippen MR) is 71.4 cm³/mol. The molecule has 2 nitrogen and oxygen atoms in total. The van der Waals surface area contributed by atoms with Crippen LogP contribution in [0.15, 0.2) is 18.2 Å². The van der Waals surface area contributed by atoms with E-state index in [1.807, 2.05) is 0 Å². The molecule has 1 aliphatic carbocycles. The van der Waals surface area contributed by atoms with Gasteiger partial charge in [0, 0.05) is 6.61 Å². The van der Waals surface area contributed by atoms with Gasteiger partial charge in [0.05, 0.1) is 12.2 Å². The Balaban J connectivity index is 2.02. The minimum absolute atomic E-state index is 0.187. The van der Waals surface area contributed by atoms with Crippen LogP contribution in [-0.4, -0.2) is 11.7 Å². The summed E-state index contributed by atoms with van der Waals surface area (Å²) in [5.41, 5.74) is 3.97. The molecule has 0 amide bonds. The second-order valence-corrected chi connectivity index (χ2v) is 6.31. The fourth-order valence-corrected chi connectivity index (χ4v) is 3.50. The van der Waals surface area contributed by atoms with E-state index in [1.54, 1.807) is 0 Å². The Hall–Kier alpha value is -0.860. The lowest BCUT2D eigenvalue weighted by molar-refractivity contribution is -0.0704. The van der Waals surface area contributed by atoms with Gasteiger partial charge in [-0.1, -0.05) is 32.0 Å². The standard InChI is InChI=1S/C16H22O2/c1-16(2)9-4-10-18-15(16)13-6-3-5-12-11(13)7-8-14(12)17/h3,5-6,14-15,17H,4,7-10H2,1-2H3/t14?,15-/m0/s1. The molecule has 1 fully saturated rings. The molecule has 1 heterocycles. The van der Waals surface area contributed by atoms with Gasteiger partial charge in [0.1, 0.15) is 0 Å². The van der Waals surface area contributed by atoms with Crippen molar-refractivity contribution in [3.8, 4) is 0 Å². The molecule has 0 saturated carbocycles. The van der Waals surface area contributed by atoms with Gasteiger partial charge in [-0.3, -0.25) is 0 Å². The lowest BCUT2D eigenvalue weighted by Gasteiger charge is -2.39. The van der Waals surface area contributed by atoms with E-state index in [4.69, 9.17) is 4.74 Å². The van der Waals surface area contributed by atoms with Crippen LogP contribution >= 0.6 is 0 Å². The zero-order valence-electron chi connectivity index (χ0n) is 11.3. The summed E-state index contributed by atoms with van der Waals surface area (Å²) in [5.74, 6) is 0. The van der Waals surface area contributed by atoms with E-state index in [1.165, 1.54) is 17.5 Å². The van der Waals surface area contributed by atoms with Crippen LogP contribution < -0.4 is 0 Å². The molecule has 1 unspecified atom stereocenters.